The SMILES string of the molecule is [N-]=[N+]=NC1(CO)OC(N2N=CC(N)=NC2O)C(O)C1O. The van der Waals surface area contributed by atoms with Crippen molar-refractivity contribution < 1.29 is 25.2 Å². The molecule has 1 saturated heterocycles. The molecule has 110 valence electrons. The number of rotatable bonds is 3. The molecule has 0 bridgehead atoms. The summed E-state index contributed by atoms with van der Waals surface area (Å²) in [4.78, 5) is 6.03. The van der Waals surface area contributed by atoms with Gasteiger partial charge in [-0.25, -0.2) is 10.0 Å². The minimum Gasteiger partial charge on any atom is -0.393 e. The molecule has 0 radical (unpaired) electrons. The molecule has 0 aromatic rings. The Hall–Kier alpha value is -1.95. The van der Waals surface area contributed by atoms with Gasteiger partial charge in [-0.05, 0) is 5.53 Å². The molecule has 5 unspecified atom stereocenters. The number of nitrogens with two attached hydrogens (primary N) is 1. The molecule has 0 saturated carbocycles. The molecule has 12 nitrogen and oxygen atoms in total. The summed E-state index contributed by atoms with van der Waals surface area (Å²) in [5.74, 6) is -0.0368. The molecule has 0 amide bonds. The van der Waals surface area contributed by atoms with Crippen molar-refractivity contribution >= 4 is 12.1 Å². The number of aliphatic hydroxyl groups is 4. The molecule has 0 aliphatic carbocycles. The molecule has 2 heterocycles. The lowest BCUT2D eigenvalue weighted by Crippen LogP contribution is -2.48. The fraction of sp³-hybridized carbons (Fsp3) is 0.750. The summed E-state index contributed by atoms with van der Waals surface area (Å²) in [6.07, 6.45) is -5.15. The molecule has 2 aliphatic rings. The van der Waals surface area contributed by atoms with Crippen LogP contribution in [0.5, 0.6) is 0 Å². The minimum absolute atomic E-state index is 0.0368. The average Bonchev–Trinajstić information content (AvgIpc) is 2.65. The fourth-order valence-corrected chi connectivity index (χ4v) is 1.91. The van der Waals surface area contributed by atoms with Crippen molar-refractivity contribution in [3.8, 4) is 0 Å². The maximum atomic E-state index is 9.91. The molecule has 0 aromatic carbocycles. The van der Waals surface area contributed by atoms with Crippen LogP contribution in [0.2, 0.25) is 0 Å². The second-order valence-electron chi connectivity index (χ2n) is 4.16. The van der Waals surface area contributed by atoms with Gasteiger partial charge in [0.25, 0.3) is 0 Å². The van der Waals surface area contributed by atoms with E-state index in [0.29, 0.717) is 0 Å². The lowest BCUT2D eigenvalue weighted by molar-refractivity contribution is -0.179. The van der Waals surface area contributed by atoms with Gasteiger partial charge in [-0.15, -0.1) is 0 Å². The first-order chi connectivity index (χ1) is 9.45. The van der Waals surface area contributed by atoms with Crippen molar-refractivity contribution in [1.82, 2.24) is 5.01 Å². The zero-order chi connectivity index (χ0) is 14.9. The highest BCUT2D eigenvalue weighted by molar-refractivity contribution is 6.28. The van der Waals surface area contributed by atoms with Gasteiger partial charge in [0.05, 0.1) is 12.8 Å². The zero-order valence-electron chi connectivity index (χ0n) is 10.1. The maximum absolute atomic E-state index is 9.91. The standard InChI is InChI=1S/C8H13N7O5/c9-3-1-11-15(7(19)12-3)6-4(17)5(18)8(2-16,20-6)13-14-10/h1,4-7,16-19H,2H2,(H2,9,12). The zero-order valence-corrected chi connectivity index (χ0v) is 10.1. The third-order valence-corrected chi connectivity index (χ3v) is 2.93. The first kappa shape index (κ1) is 14.5. The number of nitrogens with zero attached hydrogens (tertiary/aromatic N) is 6. The summed E-state index contributed by atoms with van der Waals surface area (Å²) in [6, 6.07) is 0. The van der Waals surface area contributed by atoms with Crippen molar-refractivity contribution in [3.05, 3.63) is 10.4 Å². The van der Waals surface area contributed by atoms with Gasteiger partial charge in [0.1, 0.15) is 18.0 Å². The Labute approximate surface area is 112 Å². The van der Waals surface area contributed by atoms with Crippen molar-refractivity contribution in [1.29, 1.82) is 0 Å². The van der Waals surface area contributed by atoms with Crippen molar-refractivity contribution in [2.24, 2.45) is 20.9 Å². The summed E-state index contributed by atoms with van der Waals surface area (Å²) in [5, 5.41) is 46.4. The number of aliphatic hydroxyl groups excluding tert-OH is 4. The largest absolute Gasteiger partial charge is 0.393 e. The van der Waals surface area contributed by atoms with E-state index in [9.17, 15) is 20.4 Å². The van der Waals surface area contributed by atoms with E-state index in [2.05, 4.69) is 20.1 Å². The van der Waals surface area contributed by atoms with E-state index in [1.165, 1.54) is 0 Å². The van der Waals surface area contributed by atoms with E-state index in [1.807, 2.05) is 0 Å². The Morgan fingerprint density at radius 1 is 1.55 bits per heavy atom. The molecule has 6 N–H and O–H groups in total. The summed E-state index contributed by atoms with van der Waals surface area (Å²) >= 11 is 0. The summed E-state index contributed by atoms with van der Waals surface area (Å²) in [7, 11) is 0. The smallest absolute Gasteiger partial charge is 0.244 e. The molecule has 20 heavy (non-hydrogen) atoms. The number of hydrazone groups is 1. The lowest BCUT2D eigenvalue weighted by atomic mass is 10.1. The molecular weight excluding hydrogens is 274 g/mol. The molecule has 2 aliphatic heterocycles. The van der Waals surface area contributed by atoms with Gasteiger partial charge in [-0.1, -0.05) is 5.11 Å². The van der Waals surface area contributed by atoms with Gasteiger partial charge >= 0.3 is 0 Å². The van der Waals surface area contributed by atoms with Crippen molar-refractivity contribution in [2.45, 2.75) is 30.5 Å². The summed E-state index contributed by atoms with van der Waals surface area (Å²) in [5.41, 5.74) is 11.7. The van der Waals surface area contributed by atoms with E-state index in [-0.39, 0.29) is 5.84 Å². The highest BCUT2D eigenvalue weighted by Crippen LogP contribution is 2.35. The van der Waals surface area contributed by atoms with Crippen LogP contribution >= 0.6 is 0 Å². The van der Waals surface area contributed by atoms with E-state index < -0.39 is 37.1 Å². The highest BCUT2D eigenvalue weighted by Gasteiger charge is 2.56. The molecule has 12 heteroatoms. The lowest BCUT2D eigenvalue weighted by Gasteiger charge is -2.31. The Kier molecular flexibility index (Phi) is 3.76. The molecule has 2 rings (SSSR count). The number of amidine groups is 1. The van der Waals surface area contributed by atoms with Crippen LogP contribution in [-0.4, -0.2) is 74.6 Å². The maximum Gasteiger partial charge on any atom is 0.244 e. The predicted molar refractivity (Wildman–Crippen MR) is 63.8 cm³/mol. The Morgan fingerprint density at radius 3 is 2.80 bits per heavy atom. The van der Waals surface area contributed by atoms with Crippen LogP contribution in [0.1, 0.15) is 0 Å². The van der Waals surface area contributed by atoms with Gasteiger partial charge in [0.2, 0.25) is 12.1 Å². The third-order valence-electron chi connectivity index (χ3n) is 2.93. The fourth-order valence-electron chi connectivity index (χ4n) is 1.91. The van der Waals surface area contributed by atoms with Gasteiger partial charge in [0.15, 0.2) is 6.23 Å². The van der Waals surface area contributed by atoms with E-state index in [4.69, 9.17) is 16.0 Å². The predicted octanol–water partition coefficient (Wildman–Crippen LogP) is -3.00. The average molecular weight is 287 g/mol. The second-order valence-corrected chi connectivity index (χ2v) is 4.16. The molecule has 0 aromatic heterocycles. The van der Waals surface area contributed by atoms with Gasteiger partial charge < -0.3 is 30.9 Å². The molecule has 0 spiro atoms. The third kappa shape index (κ3) is 2.16. The van der Waals surface area contributed by atoms with Gasteiger partial charge in [0, 0.05) is 4.91 Å². The Balaban J connectivity index is 2.27. The number of hydrogen-bond acceptors (Lipinski definition) is 10. The topological polar surface area (TPSA) is 193 Å². The summed E-state index contributed by atoms with van der Waals surface area (Å²) < 4.78 is 5.18. The van der Waals surface area contributed by atoms with E-state index in [0.717, 1.165) is 11.2 Å². The highest BCUT2D eigenvalue weighted by atomic mass is 16.6. The Morgan fingerprint density at radius 2 is 2.25 bits per heavy atom. The van der Waals surface area contributed by atoms with Crippen molar-refractivity contribution in [3.63, 3.8) is 0 Å². The Bertz CT molecular complexity index is 492. The van der Waals surface area contributed by atoms with Crippen LogP contribution in [0.15, 0.2) is 15.2 Å². The quantitative estimate of drug-likeness (QED) is 0.207. The van der Waals surface area contributed by atoms with Crippen LogP contribution in [0, 0.1) is 0 Å². The first-order valence-corrected chi connectivity index (χ1v) is 5.50. The van der Waals surface area contributed by atoms with Gasteiger partial charge in [-0.3, -0.25) is 0 Å². The van der Waals surface area contributed by atoms with Crippen LogP contribution in [0.3, 0.4) is 0 Å². The minimum atomic E-state index is -2.07. The van der Waals surface area contributed by atoms with E-state index >= 15 is 0 Å². The van der Waals surface area contributed by atoms with Crippen LogP contribution in [0.4, 0.5) is 0 Å². The second kappa shape index (κ2) is 5.20. The number of ether oxygens (including phenoxy) is 1. The van der Waals surface area contributed by atoms with E-state index in [1.54, 1.807) is 0 Å². The van der Waals surface area contributed by atoms with Crippen LogP contribution in [-0.2, 0) is 4.74 Å². The van der Waals surface area contributed by atoms with Crippen molar-refractivity contribution in [2.75, 3.05) is 6.61 Å². The number of aliphatic imine (C=N–C) groups is 1. The number of hydrogen-bond donors (Lipinski definition) is 5. The number of azide groups is 1. The monoisotopic (exact) mass is 287 g/mol. The van der Waals surface area contributed by atoms with Gasteiger partial charge in [-0.2, -0.15) is 5.10 Å². The summed E-state index contributed by atoms with van der Waals surface area (Å²) in [6.45, 7) is -0.870. The van der Waals surface area contributed by atoms with Crippen LogP contribution < -0.4 is 5.73 Å². The normalized spacial score (nSPS) is 40.4. The van der Waals surface area contributed by atoms with Crippen LogP contribution in [0.25, 0.3) is 10.4 Å². The molecule has 5 atom stereocenters. The molecular formula is C8H13N7O5. The first-order valence-electron chi connectivity index (χ1n) is 5.50. The molecule has 1 fully saturated rings.